The third kappa shape index (κ3) is 4.17. The number of sulfonamides is 1. The molecule has 2 saturated heterocycles. The largest absolute Gasteiger partial charge is 0.370 e. The number of halogens is 1. The summed E-state index contributed by atoms with van der Waals surface area (Å²) in [4.78, 5) is 15.0. The number of thiophene rings is 1. The lowest BCUT2D eigenvalue weighted by atomic mass is 9.98. The van der Waals surface area contributed by atoms with Gasteiger partial charge in [-0.2, -0.15) is 4.31 Å². The first-order chi connectivity index (χ1) is 14.0. The van der Waals surface area contributed by atoms with Crippen molar-refractivity contribution >= 4 is 38.6 Å². The minimum Gasteiger partial charge on any atom is -0.370 e. The zero-order valence-corrected chi connectivity index (χ0v) is 17.6. The maximum absolute atomic E-state index is 14.5. The van der Waals surface area contributed by atoms with E-state index in [0.29, 0.717) is 25.1 Å². The number of piperidine rings is 1. The molecule has 1 unspecified atom stereocenters. The van der Waals surface area contributed by atoms with Gasteiger partial charge in [0.2, 0.25) is 5.91 Å². The first-order valence-corrected chi connectivity index (χ1v) is 12.2. The average Bonchev–Trinajstić information content (AvgIpc) is 3.44. The summed E-state index contributed by atoms with van der Waals surface area (Å²) in [6, 6.07) is 8.08. The maximum atomic E-state index is 14.5. The number of carbonyl (C=O) groups excluding carboxylic acids is 1. The summed E-state index contributed by atoms with van der Waals surface area (Å²) in [7, 11) is -3.60. The van der Waals surface area contributed by atoms with E-state index in [1.807, 2.05) is 6.07 Å². The highest BCUT2D eigenvalue weighted by molar-refractivity contribution is 7.91. The Hall–Kier alpha value is -1.97. The Labute approximate surface area is 174 Å². The number of hydrogen-bond acceptors (Lipinski definition) is 5. The summed E-state index contributed by atoms with van der Waals surface area (Å²) >= 11 is 1.17. The van der Waals surface area contributed by atoms with Crippen LogP contribution in [0, 0.1) is 11.7 Å². The molecule has 1 N–H and O–H groups in total. The number of benzene rings is 1. The lowest BCUT2D eigenvalue weighted by molar-refractivity contribution is -0.120. The van der Waals surface area contributed by atoms with Crippen LogP contribution in [0.1, 0.15) is 25.7 Å². The van der Waals surface area contributed by atoms with Crippen molar-refractivity contribution in [1.82, 2.24) is 4.31 Å². The van der Waals surface area contributed by atoms with Crippen LogP contribution < -0.4 is 10.2 Å². The Morgan fingerprint density at radius 1 is 1.10 bits per heavy atom. The summed E-state index contributed by atoms with van der Waals surface area (Å²) in [5, 5.41) is 4.48. The van der Waals surface area contributed by atoms with E-state index in [4.69, 9.17) is 0 Å². The van der Waals surface area contributed by atoms with Gasteiger partial charge in [-0.3, -0.25) is 4.79 Å². The monoisotopic (exact) mass is 437 g/mol. The van der Waals surface area contributed by atoms with E-state index in [0.717, 1.165) is 25.9 Å². The quantitative estimate of drug-likeness (QED) is 0.777. The summed E-state index contributed by atoms with van der Waals surface area (Å²) in [5.41, 5.74) is 0.882. The number of para-hydroxylation sites is 1. The van der Waals surface area contributed by atoms with Crippen LogP contribution in [0.5, 0.6) is 0 Å². The van der Waals surface area contributed by atoms with E-state index in [1.165, 1.54) is 21.7 Å². The Morgan fingerprint density at radius 3 is 2.62 bits per heavy atom. The van der Waals surface area contributed by atoms with E-state index in [9.17, 15) is 17.6 Å². The number of anilines is 2. The van der Waals surface area contributed by atoms with Crippen molar-refractivity contribution in [1.29, 1.82) is 0 Å². The molecule has 2 fully saturated rings. The molecule has 0 radical (unpaired) electrons. The molecule has 2 aliphatic rings. The third-order valence-electron chi connectivity index (χ3n) is 5.53. The van der Waals surface area contributed by atoms with Gasteiger partial charge in [0.25, 0.3) is 10.0 Å². The van der Waals surface area contributed by atoms with E-state index in [1.54, 1.807) is 23.6 Å². The van der Waals surface area contributed by atoms with Crippen molar-refractivity contribution < 1.29 is 17.6 Å². The van der Waals surface area contributed by atoms with Crippen LogP contribution in [0.4, 0.5) is 15.8 Å². The molecule has 2 aliphatic heterocycles. The Kier molecular flexibility index (Phi) is 5.89. The van der Waals surface area contributed by atoms with Crippen LogP contribution in [-0.2, 0) is 14.8 Å². The van der Waals surface area contributed by atoms with Crippen molar-refractivity contribution in [2.75, 3.05) is 36.4 Å². The number of nitrogens with zero attached hydrogens (tertiary/aromatic N) is 2. The number of amides is 1. The van der Waals surface area contributed by atoms with Gasteiger partial charge < -0.3 is 10.2 Å². The van der Waals surface area contributed by atoms with Gasteiger partial charge in [0.15, 0.2) is 0 Å². The first kappa shape index (κ1) is 20.3. The molecule has 0 bridgehead atoms. The van der Waals surface area contributed by atoms with Gasteiger partial charge in [-0.1, -0.05) is 12.1 Å². The molecule has 156 valence electrons. The normalized spacial score (nSPS) is 20.7. The molecule has 3 heterocycles. The second kappa shape index (κ2) is 8.41. The Morgan fingerprint density at radius 2 is 1.90 bits per heavy atom. The minimum atomic E-state index is -3.60. The molecule has 0 spiro atoms. The van der Waals surface area contributed by atoms with Crippen LogP contribution in [0.3, 0.4) is 0 Å². The van der Waals surface area contributed by atoms with Gasteiger partial charge in [0.1, 0.15) is 15.7 Å². The van der Waals surface area contributed by atoms with Crippen molar-refractivity contribution in [2.24, 2.45) is 5.92 Å². The maximum Gasteiger partial charge on any atom is 0.252 e. The van der Waals surface area contributed by atoms with Gasteiger partial charge in [-0.05, 0) is 49.3 Å². The predicted octanol–water partition coefficient (Wildman–Crippen LogP) is 3.53. The SMILES string of the molecule is O=C(Nc1c(F)cccc1N1CCCC1)C1CCCN(S(=O)(=O)c2cccs2)C1. The van der Waals surface area contributed by atoms with Crippen molar-refractivity contribution in [3.63, 3.8) is 0 Å². The van der Waals surface area contributed by atoms with Crippen LogP contribution in [-0.4, -0.2) is 44.8 Å². The molecule has 0 saturated carbocycles. The summed E-state index contributed by atoms with van der Waals surface area (Å²) in [6.45, 7) is 2.17. The molecular weight excluding hydrogens is 413 g/mol. The van der Waals surface area contributed by atoms with Crippen molar-refractivity contribution in [2.45, 2.75) is 29.9 Å². The first-order valence-electron chi connectivity index (χ1n) is 9.85. The second-order valence-corrected chi connectivity index (χ2v) is 10.6. The fourth-order valence-electron chi connectivity index (χ4n) is 4.00. The van der Waals surface area contributed by atoms with E-state index >= 15 is 0 Å². The third-order valence-corrected chi connectivity index (χ3v) is 8.77. The van der Waals surface area contributed by atoms with Crippen LogP contribution in [0.2, 0.25) is 0 Å². The van der Waals surface area contributed by atoms with Gasteiger partial charge in [-0.25, -0.2) is 12.8 Å². The minimum absolute atomic E-state index is 0.111. The average molecular weight is 438 g/mol. The highest BCUT2D eigenvalue weighted by atomic mass is 32.2. The number of hydrogen-bond donors (Lipinski definition) is 1. The van der Waals surface area contributed by atoms with Crippen LogP contribution in [0.15, 0.2) is 39.9 Å². The fraction of sp³-hybridized carbons (Fsp3) is 0.450. The Balaban J connectivity index is 1.51. The lowest BCUT2D eigenvalue weighted by Crippen LogP contribution is -2.43. The predicted molar refractivity (Wildman–Crippen MR) is 112 cm³/mol. The highest BCUT2D eigenvalue weighted by Crippen LogP contribution is 2.33. The van der Waals surface area contributed by atoms with Crippen LogP contribution >= 0.6 is 11.3 Å². The van der Waals surface area contributed by atoms with Gasteiger partial charge >= 0.3 is 0 Å². The lowest BCUT2D eigenvalue weighted by Gasteiger charge is -2.31. The standard InChI is InChI=1S/C20H24FN3O3S2/c21-16-7-3-8-17(23-10-1-2-11-23)19(16)22-20(25)15-6-4-12-24(14-15)29(26,27)18-9-5-13-28-18/h3,5,7-9,13,15H,1-2,4,6,10-12,14H2,(H,22,25). The van der Waals surface area contributed by atoms with E-state index in [-0.39, 0.29) is 22.3 Å². The summed E-state index contributed by atoms with van der Waals surface area (Å²) < 4.78 is 41.8. The molecule has 0 aliphatic carbocycles. The second-order valence-electron chi connectivity index (χ2n) is 7.45. The van der Waals surface area contributed by atoms with Crippen molar-refractivity contribution in [3.8, 4) is 0 Å². The molecular formula is C20H24FN3O3S2. The number of rotatable bonds is 5. The zero-order chi connectivity index (χ0) is 20.4. The van der Waals surface area contributed by atoms with Gasteiger partial charge in [0.05, 0.1) is 11.6 Å². The zero-order valence-electron chi connectivity index (χ0n) is 16.0. The summed E-state index contributed by atoms with van der Waals surface area (Å²) in [5.74, 6) is -1.31. The molecule has 1 atom stereocenters. The van der Waals surface area contributed by atoms with Crippen LogP contribution in [0.25, 0.3) is 0 Å². The molecule has 1 amide bonds. The fourth-order valence-corrected chi connectivity index (χ4v) is 6.66. The van der Waals surface area contributed by atoms with Crippen molar-refractivity contribution in [3.05, 3.63) is 41.5 Å². The molecule has 29 heavy (non-hydrogen) atoms. The van der Waals surface area contributed by atoms with E-state index < -0.39 is 21.8 Å². The summed E-state index contributed by atoms with van der Waals surface area (Å²) in [6.07, 6.45) is 3.26. The topological polar surface area (TPSA) is 69.7 Å². The molecule has 2 aromatic rings. The molecule has 1 aromatic carbocycles. The van der Waals surface area contributed by atoms with Gasteiger partial charge in [-0.15, -0.1) is 11.3 Å². The van der Waals surface area contributed by atoms with E-state index in [2.05, 4.69) is 10.2 Å². The molecule has 4 rings (SSSR count). The molecule has 9 heteroatoms. The molecule has 6 nitrogen and oxygen atoms in total. The van der Waals surface area contributed by atoms with Gasteiger partial charge in [0, 0.05) is 26.2 Å². The Bertz CT molecular complexity index is 973. The smallest absolute Gasteiger partial charge is 0.252 e. The number of carbonyl (C=O) groups is 1. The highest BCUT2D eigenvalue weighted by Gasteiger charge is 2.34. The molecule has 1 aromatic heterocycles. The number of nitrogens with one attached hydrogen (secondary N) is 1.